The minimum atomic E-state index is 0.919. The van der Waals surface area contributed by atoms with Crippen molar-refractivity contribution >= 4 is 54.5 Å². The zero-order valence-electron chi connectivity index (χ0n) is 26.5. The minimum Gasteiger partial charge on any atom is -0.455 e. The van der Waals surface area contributed by atoms with Gasteiger partial charge in [-0.15, -0.1) is 0 Å². The van der Waals surface area contributed by atoms with Crippen LogP contribution >= 0.6 is 0 Å². The Morgan fingerprint density at radius 1 is 0.327 bits per heavy atom. The number of hydrogen-bond donors (Lipinski definition) is 0. The van der Waals surface area contributed by atoms with Gasteiger partial charge in [-0.25, -0.2) is 0 Å². The first-order chi connectivity index (χ1) is 24.3. The summed E-state index contributed by atoms with van der Waals surface area (Å²) in [6, 6.07) is 56.2. The first kappa shape index (κ1) is 27.5. The molecule has 0 atom stereocenters. The number of rotatable bonds is 4. The van der Waals surface area contributed by atoms with Gasteiger partial charge in [0.1, 0.15) is 11.2 Å². The van der Waals surface area contributed by atoms with E-state index in [9.17, 15) is 0 Å². The molecule has 0 spiro atoms. The molecule has 0 saturated carbocycles. The fourth-order valence-electron chi connectivity index (χ4n) is 7.34. The molecule has 10 rings (SSSR count). The van der Waals surface area contributed by atoms with E-state index in [1.807, 2.05) is 12.1 Å². The van der Waals surface area contributed by atoms with E-state index < -0.39 is 0 Å². The Morgan fingerprint density at radius 3 is 1.45 bits per heavy atom. The van der Waals surface area contributed by atoms with Crippen LogP contribution < -0.4 is 0 Å². The van der Waals surface area contributed by atoms with Crippen LogP contribution in [0.4, 0.5) is 0 Å². The lowest BCUT2D eigenvalue weighted by atomic mass is 9.94. The smallest absolute Gasteiger partial charge is 0.143 e. The first-order valence-corrected chi connectivity index (χ1v) is 16.6. The Bertz CT molecular complexity index is 2810. The summed E-state index contributed by atoms with van der Waals surface area (Å²) in [5, 5.41) is 6.95. The molecule has 0 fully saturated rings. The van der Waals surface area contributed by atoms with Crippen LogP contribution in [0.2, 0.25) is 0 Å². The van der Waals surface area contributed by atoms with E-state index in [-0.39, 0.29) is 0 Å². The number of fused-ring (bicyclic) bond motifs is 9. The van der Waals surface area contributed by atoms with E-state index >= 15 is 0 Å². The average Bonchev–Trinajstić information content (AvgIpc) is 3.57. The van der Waals surface area contributed by atoms with Gasteiger partial charge in [0.05, 0.1) is 11.0 Å². The minimum absolute atomic E-state index is 0.919. The molecule has 0 amide bonds. The van der Waals surface area contributed by atoms with Gasteiger partial charge in [-0.2, -0.15) is 0 Å². The molecular formula is C46H28N2O. The van der Waals surface area contributed by atoms with Crippen molar-refractivity contribution in [1.82, 2.24) is 9.97 Å². The second kappa shape index (κ2) is 11.0. The summed E-state index contributed by atoms with van der Waals surface area (Å²) >= 11 is 0. The van der Waals surface area contributed by atoms with Gasteiger partial charge in [0.2, 0.25) is 0 Å². The highest BCUT2D eigenvalue weighted by atomic mass is 16.3. The molecule has 3 heteroatoms. The van der Waals surface area contributed by atoms with Gasteiger partial charge in [0, 0.05) is 39.5 Å². The molecule has 0 N–H and O–H groups in total. The van der Waals surface area contributed by atoms with Crippen molar-refractivity contribution in [1.29, 1.82) is 0 Å². The lowest BCUT2D eigenvalue weighted by Gasteiger charge is -2.11. The van der Waals surface area contributed by atoms with Gasteiger partial charge >= 0.3 is 0 Å². The summed E-state index contributed by atoms with van der Waals surface area (Å²) in [7, 11) is 0. The third-order valence-electron chi connectivity index (χ3n) is 9.82. The third kappa shape index (κ3) is 4.51. The fourth-order valence-corrected chi connectivity index (χ4v) is 7.34. The normalized spacial score (nSPS) is 11.7. The Morgan fingerprint density at radius 2 is 0.796 bits per heavy atom. The summed E-state index contributed by atoms with van der Waals surface area (Å²) in [6.07, 6.45) is 3.56. The van der Waals surface area contributed by atoms with E-state index in [1.54, 1.807) is 12.4 Å². The largest absolute Gasteiger partial charge is 0.455 e. The molecule has 0 aliphatic heterocycles. The number of benzene rings is 8. The topological polar surface area (TPSA) is 38.9 Å². The molecule has 10 aromatic rings. The van der Waals surface area contributed by atoms with Crippen LogP contribution in [0.25, 0.3) is 99.0 Å². The Kier molecular flexibility index (Phi) is 6.18. The highest BCUT2D eigenvalue weighted by Gasteiger charge is 2.13. The quantitative estimate of drug-likeness (QED) is 0.183. The lowest BCUT2D eigenvalue weighted by molar-refractivity contribution is 0.670. The van der Waals surface area contributed by atoms with Gasteiger partial charge < -0.3 is 4.42 Å². The van der Waals surface area contributed by atoms with E-state index in [0.717, 1.165) is 60.4 Å². The molecule has 8 aromatic carbocycles. The van der Waals surface area contributed by atoms with E-state index in [4.69, 9.17) is 14.4 Å². The number of furan rings is 1. The number of aromatic nitrogens is 2. The van der Waals surface area contributed by atoms with Crippen molar-refractivity contribution in [2.45, 2.75) is 0 Å². The molecule has 2 aromatic heterocycles. The van der Waals surface area contributed by atoms with Crippen molar-refractivity contribution < 1.29 is 4.42 Å². The molecule has 3 nitrogen and oxygen atoms in total. The summed E-state index contributed by atoms with van der Waals surface area (Å²) < 4.78 is 6.28. The second-order valence-corrected chi connectivity index (χ2v) is 12.6. The Balaban J connectivity index is 0.927. The van der Waals surface area contributed by atoms with Crippen LogP contribution in [0.1, 0.15) is 0 Å². The summed E-state index contributed by atoms with van der Waals surface area (Å²) in [5.74, 6) is 0. The predicted molar refractivity (Wildman–Crippen MR) is 204 cm³/mol. The monoisotopic (exact) mass is 624 g/mol. The molecule has 0 aliphatic rings. The summed E-state index contributed by atoms with van der Waals surface area (Å²) in [6.45, 7) is 0. The SMILES string of the molecule is c1ccc2c(c1)oc1c(-c3ccc(-c4ccc(-c5ccc(-c6ccc7c8ccccc8c8nccnc8c7c6)cc5)cc4)cc3)cccc12. The fraction of sp³-hybridized carbons (Fsp3) is 0. The van der Waals surface area contributed by atoms with Crippen LogP contribution in [0.5, 0.6) is 0 Å². The molecule has 0 saturated heterocycles. The molecule has 0 bridgehead atoms. The van der Waals surface area contributed by atoms with Crippen LogP contribution in [0.15, 0.2) is 175 Å². The first-order valence-electron chi connectivity index (χ1n) is 16.6. The van der Waals surface area contributed by atoms with Gasteiger partial charge in [-0.3, -0.25) is 9.97 Å². The molecule has 2 heterocycles. The Labute approximate surface area is 282 Å². The Hall–Kier alpha value is -6.58. The zero-order chi connectivity index (χ0) is 32.3. The van der Waals surface area contributed by atoms with Gasteiger partial charge in [-0.05, 0) is 61.8 Å². The highest BCUT2D eigenvalue weighted by Crippen LogP contribution is 2.38. The summed E-state index contributed by atoms with van der Waals surface area (Å²) in [4.78, 5) is 9.45. The average molecular weight is 625 g/mol. The van der Waals surface area contributed by atoms with Crippen molar-refractivity contribution in [2.24, 2.45) is 0 Å². The van der Waals surface area contributed by atoms with Crippen molar-refractivity contribution in [3.05, 3.63) is 170 Å². The van der Waals surface area contributed by atoms with E-state index in [1.165, 1.54) is 38.6 Å². The van der Waals surface area contributed by atoms with Crippen LogP contribution in [0, 0.1) is 0 Å². The molecule has 0 radical (unpaired) electrons. The number of para-hydroxylation sites is 2. The maximum atomic E-state index is 6.28. The molecule has 49 heavy (non-hydrogen) atoms. The van der Waals surface area contributed by atoms with Crippen molar-refractivity contribution in [3.63, 3.8) is 0 Å². The zero-order valence-corrected chi connectivity index (χ0v) is 26.5. The lowest BCUT2D eigenvalue weighted by Crippen LogP contribution is -1.89. The molecular weight excluding hydrogens is 597 g/mol. The highest BCUT2D eigenvalue weighted by molar-refractivity contribution is 6.23. The number of hydrogen-bond acceptors (Lipinski definition) is 3. The standard InChI is InChI=1S/C46H28N2O/c1-2-8-40-37(6-1)38-25-24-35(28-42(38)45-44(40)47-26-27-48-45)33-18-16-31(17-19-33)29-12-14-30(15-13-29)32-20-22-34(23-21-32)36-9-5-10-41-39-7-3-4-11-43(39)49-46(36)41/h1-28H. The van der Waals surface area contributed by atoms with Gasteiger partial charge in [-0.1, -0.05) is 146 Å². The van der Waals surface area contributed by atoms with Gasteiger partial charge in [0.15, 0.2) is 0 Å². The van der Waals surface area contributed by atoms with Gasteiger partial charge in [0.25, 0.3) is 0 Å². The second-order valence-electron chi connectivity index (χ2n) is 12.6. The van der Waals surface area contributed by atoms with Crippen LogP contribution in [-0.2, 0) is 0 Å². The molecule has 0 unspecified atom stereocenters. The molecule has 0 aliphatic carbocycles. The van der Waals surface area contributed by atoms with Crippen LogP contribution in [-0.4, -0.2) is 9.97 Å². The predicted octanol–water partition coefficient (Wildman–Crippen LogP) is 12.5. The maximum absolute atomic E-state index is 6.28. The third-order valence-corrected chi connectivity index (χ3v) is 9.82. The van der Waals surface area contributed by atoms with Crippen molar-refractivity contribution in [3.8, 4) is 44.5 Å². The van der Waals surface area contributed by atoms with Crippen LogP contribution in [0.3, 0.4) is 0 Å². The van der Waals surface area contributed by atoms with Crippen molar-refractivity contribution in [2.75, 3.05) is 0 Å². The summed E-state index contributed by atoms with van der Waals surface area (Å²) in [5.41, 5.74) is 13.1. The molecule has 228 valence electrons. The van der Waals surface area contributed by atoms with E-state index in [2.05, 4.69) is 146 Å². The van der Waals surface area contributed by atoms with E-state index in [0.29, 0.717) is 0 Å². The maximum Gasteiger partial charge on any atom is 0.143 e. The number of nitrogens with zero attached hydrogens (tertiary/aromatic N) is 2.